The summed E-state index contributed by atoms with van der Waals surface area (Å²) in [6.45, 7) is 3.96. The average Bonchev–Trinajstić information content (AvgIpc) is 2.57. The van der Waals surface area contributed by atoms with Crippen molar-refractivity contribution in [3.8, 4) is 17.6 Å². The van der Waals surface area contributed by atoms with Crippen molar-refractivity contribution in [2.75, 3.05) is 18.5 Å². The highest BCUT2D eigenvalue weighted by Crippen LogP contribution is 2.28. The van der Waals surface area contributed by atoms with Crippen LogP contribution in [0, 0.1) is 18.3 Å². The summed E-state index contributed by atoms with van der Waals surface area (Å²) in [5, 5.41) is 12.2. The van der Waals surface area contributed by atoms with Crippen LogP contribution in [0.25, 0.3) is 0 Å². The molecule has 0 radical (unpaired) electrons. The van der Waals surface area contributed by atoms with Gasteiger partial charge in [0.05, 0.1) is 18.2 Å². The third-order valence-electron chi connectivity index (χ3n) is 3.19. The van der Waals surface area contributed by atoms with Crippen LogP contribution in [0.1, 0.15) is 18.1 Å². The predicted molar refractivity (Wildman–Crippen MR) is 92.6 cm³/mol. The van der Waals surface area contributed by atoms with Crippen LogP contribution in [0.4, 0.5) is 5.69 Å². The molecule has 0 fully saturated rings. The van der Waals surface area contributed by atoms with Crippen molar-refractivity contribution in [1.82, 2.24) is 0 Å². The van der Waals surface area contributed by atoms with E-state index in [0.29, 0.717) is 34.4 Å². The topological polar surface area (TPSA) is 71.3 Å². The number of nitrogens with one attached hydrogen (secondary N) is 1. The summed E-state index contributed by atoms with van der Waals surface area (Å²) < 4.78 is 10.9. The van der Waals surface area contributed by atoms with E-state index >= 15 is 0 Å². The van der Waals surface area contributed by atoms with Gasteiger partial charge in [0.25, 0.3) is 5.91 Å². The van der Waals surface area contributed by atoms with Gasteiger partial charge in [-0.25, -0.2) is 0 Å². The van der Waals surface area contributed by atoms with Gasteiger partial charge in [-0.15, -0.1) is 0 Å². The van der Waals surface area contributed by atoms with Crippen molar-refractivity contribution < 1.29 is 14.3 Å². The van der Waals surface area contributed by atoms with Gasteiger partial charge < -0.3 is 14.8 Å². The molecule has 6 heteroatoms. The second-order valence-electron chi connectivity index (χ2n) is 5.01. The Hall–Kier alpha value is -2.71. The van der Waals surface area contributed by atoms with Crippen LogP contribution in [-0.4, -0.2) is 19.1 Å². The standard InChI is InChI=1S/C18H17ClN2O3/c1-3-23-17-8-13(10-20)5-7-16(17)24-11-18(22)21-14-6-4-12(2)15(19)9-14/h4-9H,3,11H2,1-2H3,(H,21,22). The molecule has 0 saturated heterocycles. The van der Waals surface area contributed by atoms with Gasteiger partial charge in [0.1, 0.15) is 0 Å². The third kappa shape index (κ3) is 4.64. The molecule has 2 aromatic carbocycles. The number of hydrogen-bond donors (Lipinski definition) is 1. The van der Waals surface area contributed by atoms with Gasteiger partial charge in [0.15, 0.2) is 18.1 Å². The fourth-order valence-electron chi connectivity index (χ4n) is 1.98. The lowest BCUT2D eigenvalue weighted by molar-refractivity contribution is -0.118. The molecule has 0 unspecified atom stereocenters. The lowest BCUT2D eigenvalue weighted by Gasteiger charge is -2.12. The van der Waals surface area contributed by atoms with E-state index in [-0.39, 0.29) is 12.5 Å². The molecule has 0 aliphatic heterocycles. The van der Waals surface area contributed by atoms with Crippen LogP contribution in [0.3, 0.4) is 0 Å². The van der Waals surface area contributed by atoms with Crippen LogP contribution in [0.2, 0.25) is 5.02 Å². The number of nitrogens with zero attached hydrogens (tertiary/aromatic N) is 1. The first-order valence-corrected chi connectivity index (χ1v) is 7.77. The Bertz CT molecular complexity index is 784. The van der Waals surface area contributed by atoms with Crippen molar-refractivity contribution in [1.29, 1.82) is 5.26 Å². The van der Waals surface area contributed by atoms with Gasteiger partial charge in [0.2, 0.25) is 0 Å². The zero-order valence-electron chi connectivity index (χ0n) is 13.4. The number of hydrogen-bond acceptors (Lipinski definition) is 4. The molecule has 2 aromatic rings. The maximum Gasteiger partial charge on any atom is 0.262 e. The molecule has 0 aliphatic carbocycles. The molecule has 5 nitrogen and oxygen atoms in total. The maximum absolute atomic E-state index is 12.0. The van der Waals surface area contributed by atoms with E-state index in [1.54, 1.807) is 30.3 Å². The molecule has 0 atom stereocenters. The molecule has 124 valence electrons. The number of anilines is 1. The van der Waals surface area contributed by atoms with E-state index in [0.717, 1.165) is 5.56 Å². The minimum absolute atomic E-state index is 0.183. The van der Waals surface area contributed by atoms with E-state index in [4.69, 9.17) is 26.3 Å². The Morgan fingerprint density at radius 2 is 2.00 bits per heavy atom. The first-order chi connectivity index (χ1) is 11.5. The monoisotopic (exact) mass is 344 g/mol. The first-order valence-electron chi connectivity index (χ1n) is 7.39. The quantitative estimate of drug-likeness (QED) is 0.861. The lowest BCUT2D eigenvalue weighted by Crippen LogP contribution is -2.20. The number of carbonyl (C=O) groups excluding carboxylic acids is 1. The third-order valence-corrected chi connectivity index (χ3v) is 3.59. The molecule has 24 heavy (non-hydrogen) atoms. The second-order valence-corrected chi connectivity index (χ2v) is 5.41. The number of halogens is 1. The number of benzene rings is 2. The largest absolute Gasteiger partial charge is 0.490 e. The van der Waals surface area contributed by atoms with Crippen LogP contribution in [-0.2, 0) is 4.79 Å². The highest BCUT2D eigenvalue weighted by atomic mass is 35.5. The lowest BCUT2D eigenvalue weighted by atomic mass is 10.2. The Kier molecular flexibility index (Phi) is 6.05. The average molecular weight is 345 g/mol. The van der Waals surface area contributed by atoms with Crippen LogP contribution < -0.4 is 14.8 Å². The zero-order chi connectivity index (χ0) is 17.5. The van der Waals surface area contributed by atoms with Crippen molar-refractivity contribution >= 4 is 23.2 Å². The van der Waals surface area contributed by atoms with Gasteiger partial charge >= 0.3 is 0 Å². The Morgan fingerprint density at radius 3 is 2.67 bits per heavy atom. The summed E-state index contributed by atoms with van der Waals surface area (Å²) in [4.78, 5) is 12.0. The number of ether oxygens (including phenoxy) is 2. The van der Waals surface area contributed by atoms with Crippen LogP contribution in [0.15, 0.2) is 36.4 Å². The van der Waals surface area contributed by atoms with Crippen molar-refractivity contribution in [2.24, 2.45) is 0 Å². The first kappa shape index (κ1) is 17.6. The number of aryl methyl sites for hydroxylation is 1. The Balaban J connectivity index is 2.00. The van der Waals surface area contributed by atoms with Crippen LogP contribution >= 0.6 is 11.6 Å². The SMILES string of the molecule is CCOc1cc(C#N)ccc1OCC(=O)Nc1ccc(C)c(Cl)c1. The highest BCUT2D eigenvalue weighted by Gasteiger charge is 2.10. The van der Waals surface area contributed by atoms with E-state index in [1.165, 1.54) is 0 Å². The summed E-state index contributed by atoms with van der Waals surface area (Å²) >= 11 is 6.03. The fourth-order valence-corrected chi connectivity index (χ4v) is 2.16. The number of amides is 1. The highest BCUT2D eigenvalue weighted by molar-refractivity contribution is 6.31. The molecule has 0 spiro atoms. The van der Waals surface area contributed by atoms with Crippen LogP contribution in [0.5, 0.6) is 11.5 Å². The molecule has 0 aromatic heterocycles. The van der Waals surface area contributed by atoms with Gasteiger partial charge in [-0.05, 0) is 43.7 Å². The summed E-state index contributed by atoms with van der Waals surface area (Å²) in [5.41, 5.74) is 2.00. The van der Waals surface area contributed by atoms with Crippen molar-refractivity contribution in [3.05, 3.63) is 52.5 Å². The minimum Gasteiger partial charge on any atom is -0.490 e. The van der Waals surface area contributed by atoms with Crippen molar-refractivity contribution in [3.63, 3.8) is 0 Å². The summed E-state index contributed by atoms with van der Waals surface area (Å²) in [7, 11) is 0. The van der Waals surface area contributed by atoms with Crippen molar-refractivity contribution in [2.45, 2.75) is 13.8 Å². The van der Waals surface area contributed by atoms with E-state index in [1.807, 2.05) is 26.0 Å². The number of nitriles is 1. The Morgan fingerprint density at radius 1 is 1.21 bits per heavy atom. The van der Waals surface area contributed by atoms with E-state index in [9.17, 15) is 4.79 Å². The summed E-state index contributed by atoms with van der Waals surface area (Å²) in [5.74, 6) is 0.525. The molecule has 1 N–H and O–H groups in total. The molecular weight excluding hydrogens is 328 g/mol. The number of rotatable bonds is 6. The van der Waals surface area contributed by atoms with E-state index in [2.05, 4.69) is 5.32 Å². The summed E-state index contributed by atoms with van der Waals surface area (Å²) in [6.07, 6.45) is 0. The van der Waals surface area contributed by atoms with E-state index < -0.39 is 0 Å². The molecule has 0 aliphatic rings. The Labute approximate surface area is 145 Å². The second kappa shape index (κ2) is 8.23. The van der Waals surface area contributed by atoms with Gasteiger partial charge in [0, 0.05) is 16.8 Å². The number of carbonyl (C=O) groups is 1. The normalized spacial score (nSPS) is 9.92. The predicted octanol–water partition coefficient (Wildman–Crippen LogP) is 3.94. The minimum atomic E-state index is -0.318. The van der Waals surface area contributed by atoms with Gasteiger partial charge in [-0.2, -0.15) is 5.26 Å². The molecule has 0 saturated carbocycles. The molecule has 0 heterocycles. The smallest absolute Gasteiger partial charge is 0.262 e. The zero-order valence-corrected chi connectivity index (χ0v) is 14.2. The molecule has 0 bridgehead atoms. The summed E-state index contributed by atoms with van der Waals surface area (Å²) in [6, 6.07) is 12.1. The van der Waals surface area contributed by atoms with Gasteiger partial charge in [-0.1, -0.05) is 17.7 Å². The molecular formula is C18H17ClN2O3. The molecule has 2 rings (SSSR count). The maximum atomic E-state index is 12.0. The fraction of sp³-hybridized carbons (Fsp3) is 0.222. The van der Waals surface area contributed by atoms with Gasteiger partial charge in [-0.3, -0.25) is 4.79 Å². The molecule has 1 amide bonds.